The third kappa shape index (κ3) is 11.2. The summed E-state index contributed by atoms with van der Waals surface area (Å²) in [6.45, 7) is 9.87. The molecule has 2 unspecified atom stereocenters. The van der Waals surface area contributed by atoms with Gasteiger partial charge < -0.3 is 26.0 Å². The number of ether oxygens (including phenoxy) is 1. The molecule has 1 aromatic rings. The molecule has 0 aromatic heterocycles. The minimum atomic E-state index is -1.14. The van der Waals surface area contributed by atoms with Crippen LogP contribution < -0.4 is 16.4 Å². The standard InChI is InChI=1S/C29H44N4O5/c1-7-10-14-20-33(27(36)23(17-18-24(30)34)32-28(37)38-29(4,5)6)25(26(35)31-19-11-8-2)22-16-13-12-15-21(22)9-3/h3,12-13,15-16,23,25H,7-8,10-11,14,17-20H2,1-2,4-6H3,(H2,30,34)(H,31,35)(H,32,37). The van der Waals surface area contributed by atoms with Crippen LogP contribution in [0.3, 0.4) is 0 Å². The van der Waals surface area contributed by atoms with Gasteiger partial charge in [0.15, 0.2) is 0 Å². The normalized spacial score (nSPS) is 12.5. The van der Waals surface area contributed by atoms with Crippen molar-refractivity contribution in [3.63, 3.8) is 0 Å². The highest BCUT2D eigenvalue weighted by atomic mass is 16.6. The Bertz CT molecular complexity index is 980. The molecule has 2 atom stereocenters. The van der Waals surface area contributed by atoms with E-state index in [1.54, 1.807) is 45.0 Å². The van der Waals surface area contributed by atoms with Crippen molar-refractivity contribution in [2.75, 3.05) is 13.1 Å². The van der Waals surface area contributed by atoms with Gasteiger partial charge in [0.1, 0.15) is 17.7 Å². The first-order valence-electron chi connectivity index (χ1n) is 13.4. The van der Waals surface area contributed by atoms with E-state index in [0.29, 0.717) is 24.1 Å². The van der Waals surface area contributed by atoms with E-state index < -0.39 is 35.6 Å². The van der Waals surface area contributed by atoms with Gasteiger partial charge in [-0.15, -0.1) is 6.42 Å². The second kappa shape index (κ2) is 16.3. The number of primary amides is 1. The lowest BCUT2D eigenvalue weighted by Gasteiger charge is -2.35. The summed E-state index contributed by atoms with van der Waals surface area (Å²) in [6, 6.07) is 4.83. The van der Waals surface area contributed by atoms with Crippen molar-refractivity contribution < 1.29 is 23.9 Å². The number of terminal acetylenes is 1. The highest BCUT2D eigenvalue weighted by Crippen LogP contribution is 2.27. The molecule has 38 heavy (non-hydrogen) atoms. The summed E-state index contributed by atoms with van der Waals surface area (Å²) in [7, 11) is 0. The van der Waals surface area contributed by atoms with Crippen molar-refractivity contribution in [2.24, 2.45) is 5.73 Å². The molecular weight excluding hydrogens is 484 g/mol. The Balaban J connectivity index is 3.55. The Labute approximate surface area is 227 Å². The number of unbranched alkanes of at least 4 members (excludes halogenated alkanes) is 3. The van der Waals surface area contributed by atoms with Crippen molar-refractivity contribution in [2.45, 2.75) is 97.2 Å². The Kier molecular flexibility index (Phi) is 14.0. The van der Waals surface area contributed by atoms with Crippen LogP contribution in [-0.4, -0.2) is 53.4 Å². The first kappa shape index (κ1) is 32.5. The monoisotopic (exact) mass is 528 g/mol. The minimum Gasteiger partial charge on any atom is -0.444 e. The second-order valence-corrected chi connectivity index (χ2v) is 10.2. The summed E-state index contributed by atoms with van der Waals surface area (Å²) >= 11 is 0. The van der Waals surface area contributed by atoms with Crippen LogP contribution in [0.2, 0.25) is 0 Å². The molecule has 0 aliphatic carbocycles. The van der Waals surface area contributed by atoms with Gasteiger partial charge in [0.2, 0.25) is 17.7 Å². The number of nitrogens with zero attached hydrogens (tertiary/aromatic N) is 1. The van der Waals surface area contributed by atoms with Gasteiger partial charge in [0.25, 0.3) is 0 Å². The van der Waals surface area contributed by atoms with Crippen molar-refractivity contribution in [3.8, 4) is 12.3 Å². The van der Waals surface area contributed by atoms with Crippen LogP contribution in [0.15, 0.2) is 24.3 Å². The van der Waals surface area contributed by atoms with Gasteiger partial charge in [0, 0.05) is 25.1 Å². The van der Waals surface area contributed by atoms with E-state index in [-0.39, 0.29) is 25.3 Å². The minimum absolute atomic E-state index is 0.0430. The Morgan fingerprint density at radius 1 is 1.08 bits per heavy atom. The van der Waals surface area contributed by atoms with E-state index in [2.05, 4.69) is 16.6 Å². The van der Waals surface area contributed by atoms with E-state index in [4.69, 9.17) is 16.9 Å². The van der Waals surface area contributed by atoms with Gasteiger partial charge in [-0.05, 0) is 51.7 Å². The van der Waals surface area contributed by atoms with E-state index in [9.17, 15) is 19.2 Å². The number of rotatable bonds is 15. The first-order chi connectivity index (χ1) is 17.9. The van der Waals surface area contributed by atoms with Gasteiger partial charge >= 0.3 is 6.09 Å². The highest BCUT2D eigenvalue weighted by Gasteiger charge is 2.36. The number of nitrogens with one attached hydrogen (secondary N) is 2. The number of hydrogen-bond acceptors (Lipinski definition) is 5. The fourth-order valence-corrected chi connectivity index (χ4v) is 3.90. The predicted octanol–water partition coefficient (Wildman–Crippen LogP) is 3.80. The van der Waals surface area contributed by atoms with Crippen molar-refractivity contribution in [3.05, 3.63) is 35.4 Å². The number of hydrogen-bond donors (Lipinski definition) is 3. The van der Waals surface area contributed by atoms with Gasteiger partial charge in [-0.2, -0.15) is 0 Å². The SMILES string of the molecule is C#Cc1ccccc1C(C(=O)NCCCC)N(CCCCC)C(=O)C(CCC(N)=O)NC(=O)OC(C)(C)C. The molecule has 0 aliphatic rings. The lowest BCUT2D eigenvalue weighted by Crippen LogP contribution is -2.53. The summed E-state index contributed by atoms with van der Waals surface area (Å²) in [5.74, 6) is 1.12. The van der Waals surface area contributed by atoms with Gasteiger partial charge in [-0.1, -0.05) is 57.2 Å². The molecule has 0 bridgehead atoms. The average Bonchev–Trinajstić information content (AvgIpc) is 2.84. The molecule has 210 valence electrons. The number of alkyl carbamates (subject to hydrolysis) is 1. The van der Waals surface area contributed by atoms with E-state index >= 15 is 0 Å². The molecule has 9 nitrogen and oxygen atoms in total. The van der Waals surface area contributed by atoms with Crippen LogP contribution in [0, 0.1) is 12.3 Å². The molecule has 0 radical (unpaired) electrons. The summed E-state index contributed by atoms with van der Waals surface area (Å²) < 4.78 is 5.36. The quantitative estimate of drug-likeness (QED) is 0.235. The number of benzene rings is 1. The van der Waals surface area contributed by atoms with Gasteiger partial charge in [0.05, 0.1) is 0 Å². The molecule has 1 aromatic carbocycles. The largest absolute Gasteiger partial charge is 0.444 e. The zero-order chi connectivity index (χ0) is 28.7. The zero-order valence-electron chi connectivity index (χ0n) is 23.5. The maximum Gasteiger partial charge on any atom is 0.408 e. The Hall–Kier alpha value is -3.54. The molecular formula is C29H44N4O5. The first-order valence-corrected chi connectivity index (χ1v) is 13.4. The summed E-state index contributed by atoms with van der Waals surface area (Å²) in [5, 5.41) is 5.53. The molecule has 0 aliphatic heterocycles. The summed E-state index contributed by atoms with van der Waals surface area (Å²) in [5.41, 5.74) is 5.57. The zero-order valence-corrected chi connectivity index (χ0v) is 23.5. The van der Waals surface area contributed by atoms with Crippen LogP contribution >= 0.6 is 0 Å². The van der Waals surface area contributed by atoms with Crippen LogP contribution in [0.5, 0.6) is 0 Å². The fourth-order valence-electron chi connectivity index (χ4n) is 3.90. The maximum absolute atomic E-state index is 14.1. The molecule has 0 fully saturated rings. The van der Waals surface area contributed by atoms with E-state index in [1.807, 2.05) is 13.8 Å². The van der Waals surface area contributed by atoms with Crippen LogP contribution in [0.1, 0.15) is 96.7 Å². The molecule has 4 N–H and O–H groups in total. The molecule has 9 heteroatoms. The topological polar surface area (TPSA) is 131 Å². The smallest absolute Gasteiger partial charge is 0.408 e. The average molecular weight is 529 g/mol. The van der Waals surface area contributed by atoms with Gasteiger partial charge in [-0.25, -0.2) is 4.79 Å². The Morgan fingerprint density at radius 2 is 1.74 bits per heavy atom. The molecule has 4 amide bonds. The van der Waals surface area contributed by atoms with E-state index in [0.717, 1.165) is 25.7 Å². The van der Waals surface area contributed by atoms with Gasteiger partial charge in [-0.3, -0.25) is 14.4 Å². The third-order valence-corrected chi connectivity index (χ3v) is 5.75. The molecule has 0 spiro atoms. The Morgan fingerprint density at radius 3 is 2.32 bits per heavy atom. The van der Waals surface area contributed by atoms with Crippen LogP contribution in [-0.2, 0) is 19.1 Å². The predicted molar refractivity (Wildman–Crippen MR) is 148 cm³/mol. The molecule has 0 heterocycles. The maximum atomic E-state index is 14.1. The lowest BCUT2D eigenvalue weighted by atomic mass is 9.96. The fraction of sp³-hybridized carbons (Fsp3) is 0.586. The summed E-state index contributed by atoms with van der Waals surface area (Å²) in [4.78, 5) is 53.3. The number of amides is 4. The lowest BCUT2D eigenvalue weighted by molar-refractivity contribution is -0.142. The summed E-state index contributed by atoms with van der Waals surface area (Å²) in [6.07, 6.45) is 8.81. The van der Waals surface area contributed by atoms with Crippen molar-refractivity contribution >= 4 is 23.8 Å². The molecule has 0 saturated heterocycles. The van der Waals surface area contributed by atoms with Crippen molar-refractivity contribution in [1.82, 2.24) is 15.5 Å². The second-order valence-electron chi connectivity index (χ2n) is 10.2. The number of nitrogens with two attached hydrogens (primary N) is 1. The number of carbonyl (C=O) groups is 4. The molecule has 1 rings (SSSR count). The molecule has 0 saturated carbocycles. The van der Waals surface area contributed by atoms with Crippen LogP contribution in [0.4, 0.5) is 4.79 Å². The van der Waals surface area contributed by atoms with E-state index in [1.165, 1.54) is 4.90 Å². The number of carbonyl (C=O) groups excluding carboxylic acids is 4. The third-order valence-electron chi connectivity index (χ3n) is 5.75. The van der Waals surface area contributed by atoms with Crippen LogP contribution in [0.25, 0.3) is 0 Å². The van der Waals surface area contributed by atoms with Crippen molar-refractivity contribution in [1.29, 1.82) is 0 Å². The highest BCUT2D eigenvalue weighted by molar-refractivity contribution is 5.92.